The Balaban J connectivity index is 1.78. The van der Waals surface area contributed by atoms with Gasteiger partial charge in [0.15, 0.2) is 11.2 Å². The lowest BCUT2D eigenvalue weighted by molar-refractivity contribution is 0.545. The highest BCUT2D eigenvalue weighted by Crippen LogP contribution is 2.23. The number of fused-ring (bicyclic) bond motifs is 1. The van der Waals surface area contributed by atoms with Gasteiger partial charge < -0.3 is 9.47 Å². The van der Waals surface area contributed by atoms with Crippen molar-refractivity contribution in [3.63, 3.8) is 0 Å². The van der Waals surface area contributed by atoms with Crippen molar-refractivity contribution in [2.75, 3.05) is 18.0 Å². The molecule has 1 saturated heterocycles. The number of hydrogen-bond donors (Lipinski definition) is 1. The number of rotatable bonds is 10. The van der Waals surface area contributed by atoms with Crippen LogP contribution in [0.15, 0.2) is 9.59 Å². The van der Waals surface area contributed by atoms with E-state index in [2.05, 4.69) is 21.4 Å². The number of nitrogens with zero attached hydrogens (tertiary/aromatic N) is 4. The monoisotopic (exact) mass is 403 g/mol. The van der Waals surface area contributed by atoms with E-state index in [-0.39, 0.29) is 5.56 Å². The number of anilines is 1. The number of unbranched alkanes of at least 4 members (excludes halogenated alkanes) is 7. The second-order valence-electron chi connectivity index (χ2n) is 8.43. The molecule has 162 valence electrons. The zero-order valence-electron chi connectivity index (χ0n) is 18.2. The summed E-state index contributed by atoms with van der Waals surface area (Å²) in [6.45, 7) is 4.95. The van der Waals surface area contributed by atoms with Gasteiger partial charge in [0.1, 0.15) is 0 Å². The van der Waals surface area contributed by atoms with Crippen molar-refractivity contribution >= 4 is 17.1 Å². The molecule has 0 radical (unpaired) electrons. The molecule has 1 aliphatic heterocycles. The zero-order valence-corrected chi connectivity index (χ0v) is 18.2. The Bertz CT molecular complexity index is 887. The van der Waals surface area contributed by atoms with Crippen molar-refractivity contribution in [1.82, 2.24) is 19.1 Å². The molecule has 2 aromatic heterocycles. The average Bonchev–Trinajstić information content (AvgIpc) is 2.89. The van der Waals surface area contributed by atoms with Crippen molar-refractivity contribution in [2.45, 2.75) is 90.5 Å². The van der Waals surface area contributed by atoms with E-state index in [1.807, 2.05) is 0 Å². The van der Waals surface area contributed by atoms with E-state index < -0.39 is 5.69 Å². The van der Waals surface area contributed by atoms with Gasteiger partial charge in [0, 0.05) is 26.7 Å². The SMILES string of the molecule is CCCCCCCCCCn1c(N2CCCCCC2)nc2c1c(=O)[nH]c(=O)n2C. The fourth-order valence-electron chi connectivity index (χ4n) is 4.35. The number of nitrogens with one attached hydrogen (secondary N) is 1. The molecule has 0 atom stereocenters. The third-order valence-corrected chi connectivity index (χ3v) is 6.11. The van der Waals surface area contributed by atoms with Gasteiger partial charge in [-0.15, -0.1) is 0 Å². The van der Waals surface area contributed by atoms with E-state index in [4.69, 9.17) is 4.98 Å². The maximum absolute atomic E-state index is 12.6. The number of imidazole rings is 1. The van der Waals surface area contributed by atoms with E-state index in [0.717, 1.165) is 51.3 Å². The molecule has 1 aliphatic rings. The van der Waals surface area contributed by atoms with Crippen LogP contribution in [-0.4, -0.2) is 32.2 Å². The van der Waals surface area contributed by atoms with Gasteiger partial charge in [-0.05, 0) is 19.3 Å². The number of H-pyrrole nitrogens is 1. The standard InChI is InChI=1S/C22H37N5O2/c1-3-4-5-6-7-8-9-14-17-27-18-19(25(2)22(29)24-20(18)28)23-21(27)26-15-12-10-11-13-16-26/h3-17H2,1-2H3,(H,24,28,29). The summed E-state index contributed by atoms with van der Waals surface area (Å²) >= 11 is 0. The molecule has 0 bridgehead atoms. The summed E-state index contributed by atoms with van der Waals surface area (Å²) in [7, 11) is 1.68. The predicted octanol–water partition coefficient (Wildman–Crippen LogP) is 3.94. The zero-order chi connectivity index (χ0) is 20.6. The van der Waals surface area contributed by atoms with Crippen LogP contribution in [0, 0.1) is 0 Å². The van der Waals surface area contributed by atoms with E-state index >= 15 is 0 Å². The van der Waals surface area contributed by atoms with Crippen LogP contribution in [0.25, 0.3) is 11.2 Å². The van der Waals surface area contributed by atoms with E-state index in [1.54, 1.807) is 7.05 Å². The Morgan fingerprint density at radius 3 is 2.17 bits per heavy atom. The number of hydrogen-bond acceptors (Lipinski definition) is 4. The number of aromatic nitrogens is 4. The van der Waals surface area contributed by atoms with Crippen LogP contribution in [-0.2, 0) is 13.6 Å². The average molecular weight is 404 g/mol. The lowest BCUT2D eigenvalue weighted by atomic mass is 10.1. The van der Waals surface area contributed by atoms with Crippen molar-refractivity contribution in [1.29, 1.82) is 0 Å². The molecule has 0 spiro atoms. The lowest BCUT2D eigenvalue weighted by Gasteiger charge is -2.22. The van der Waals surface area contributed by atoms with Crippen LogP contribution >= 0.6 is 0 Å². The molecule has 1 fully saturated rings. The van der Waals surface area contributed by atoms with Gasteiger partial charge in [0.05, 0.1) is 0 Å². The fourth-order valence-corrected chi connectivity index (χ4v) is 4.35. The first-order valence-corrected chi connectivity index (χ1v) is 11.6. The number of aryl methyl sites for hydroxylation is 2. The first-order chi connectivity index (χ1) is 14.1. The Kier molecular flexibility index (Phi) is 7.95. The first kappa shape index (κ1) is 21.7. The Morgan fingerprint density at radius 2 is 1.52 bits per heavy atom. The van der Waals surface area contributed by atoms with Gasteiger partial charge in [-0.1, -0.05) is 64.7 Å². The second-order valence-corrected chi connectivity index (χ2v) is 8.43. The normalized spacial score (nSPS) is 15.2. The van der Waals surface area contributed by atoms with Crippen molar-refractivity contribution in [3.05, 3.63) is 20.8 Å². The Labute approximate surface area is 173 Å². The van der Waals surface area contributed by atoms with Crippen molar-refractivity contribution in [2.24, 2.45) is 7.05 Å². The maximum Gasteiger partial charge on any atom is 0.329 e. The molecule has 1 N–H and O–H groups in total. The van der Waals surface area contributed by atoms with E-state index in [9.17, 15) is 9.59 Å². The summed E-state index contributed by atoms with van der Waals surface area (Å²) in [4.78, 5) is 34.2. The van der Waals surface area contributed by atoms with Crippen LogP contribution < -0.4 is 16.1 Å². The molecule has 2 aromatic rings. The second kappa shape index (κ2) is 10.6. The fraction of sp³-hybridized carbons (Fsp3) is 0.773. The minimum absolute atomic E-state index is 0.323. The van der Waals surface area contributed by atoms with Gasteiger partial charge in [-0.25, -0.2) is 4.79 Å². The molecule has 0 aliphatic carbocycles. The third-order valence-electron chi connectivity index (χ3n) is 6.11. The van der Waals surface area contributed by atoms with Crippen LogP contribution in [0.2, 0.25) is 0 Å². The molecule has 7 heteroatoms. The largest absolute Gasteiger partial charge is 0.342 e. The highest BCUT2D eigenvalue weighted by Gasteiger charge is 2.22. The summed E-state index contributed by atoms with van der Waals surface area (Å²) in [5.74, 6) is 0.858. The summed E-state index contributed by atoms with van der Waals surface area (Å²) in [6.07, 6.45) is 14.8. The van der Waals surface area contributed by atoms with Gasteiger partial charge in [0.2, 0.25) is 5.95 Å². The van der Waals surface area contributed by atoms with Gasteiger partial charge in [-0.2, -0.15) is 4.98 Å². The highest BCUT2D eigenvalue weighted by atomic mass is 16.2. The first-order valence-electron chi connectivity index (χ1n) is 11.6. The van der Waals surface area contributed by atoms with Gasteiger partial charge in [0.25, 0.3) is 5.56 Å². The number of aromatic amines is 1. The Morgan fingerprint density at radius 1 is 0.897 bits per heavy atom. The lowest BCUT2D eigenvalue weighted by Crippen LogP contribution is -2.30. The van der Waals surface area contributed by atoms with Crippen LogP contribution in [0.4, 0.5) is 5.95 Å². The van der Waals surface area contributed by atoms with Crippen LogP contribution in [0.3, 0.4) is 0 Å². The molecular weight excluding hydrogens is 366 g/mol. The maximum atomic E-state index is 12.6. The Hall–Kier alpha value is -2.05. The molecule has 3 heterocycles. The molecule has 0 saturated carbocycles. The minimum atomic E-state index is -0.401. The van der Waals surface area contributed by atoms with Crippen LogP contribution in [0.5, 0.6) is 0 Å². The predicted molar refractivity (Wildman–Crippen MR) is 119 cm³/mol. The topological polar surface area (TPSA) is 75.9 Å². The van der Waals surface area contributed by atoms with Crippen molar-refractivity contribution in [3.8, 4) is 0 Å². The van der Waals surface area contributed by atoms with E-state index in [1.165, 1.54) is 55.9 Å². The van der Waals surface area contributed by atoms with Crippen molar-refractivity contribution < 1.29 is 0 Å². The molecule has 3 rings (SSSR count). The molecule has 0 aromatic carbocycles. The summed E-state index contributed by atoms with van der Waals surface area (Å²) in [5.41, 5.74) is 0.310. The minimum Gasteiger partial charge on any atom is -0.342 e. The van der Waals surface area contributed by atoms with Gasteiger partial charge in [-0.3, -0.25) is 14.3 Å². The summed E-state index contributed by atoms with van der Waals surface area (Å²) in [5, 5.41) is 0. The summed E-state index contributed by atoms with van der Waals surface area (Å²) < 4.78 is 3.53. The highest BCUT2D eigenvalue weighted by molar-refractivity contribution is 5.74. The third kappa shape index (κ3) is 5.31. The molecule has 7 nitrogen and oxygen atoms in total. The molecule has 29 heavy (non-hydrogen) atoms. The van der Waals surface area contributed by atoms with E-state index in [0.29, 0.717) is 11.2 Å². The van der Waals surface area contributed by atoms with Gasteiger partial charge >= 0.3 is 5.69 Å². The smallest absolute Gasteiger partial charge is 0.329 e. The molecule has 0 amide bonds. The molecular formula is C22H37N5O2. The molecule has 0 unspecified atom stereocenters. The summed E-state index contributed by atoms with van der Waals surface area (Å²) in [6, 6.07) is 0. The van der Waals surface area contributed by atoms with Crippen LogP contribution in [0.1, 0.15) is 84.0 Å². The quantitative estimate of drug-likeness (QED) is 0.610.